The summed E-state index contributed by atoms with van der Waals surface area (Å²) >= 11 is 0. The molecule has 0 saturated heterocycles. The van der Waals surface area contributed by atoms with E-state index >= 15 is 0 Å². The minimum atomic E-state index is -3.93. The Balaban J connectivity index is 1.67. The Hall–Kier alpha value is -2.77. The fraction of sp³-hybridized carbons (Fsp3) is 0.273. The molecule has 3 aromatic rings. The van der Waals surface area contributed by atoms with Crippen molar-refractivity contribution in [3.63, 3.8) is 0 Å². The Morgan fingerprint density at radius 1 is 1.10 bits per heavy atom. The van der Waals surface area contributed by atoms with Crippen LogP contribution in [0.5, 0.6) is 0 Å². The van der Waals surface area contributed by atoms with Gasteiger partial charge in [0.25, 0.3) is 0 Å². The highest BCUT2D eigenvalue weighted by Gasteiger charge is 2.31. The highest BCUT2D eigenvalue weighted by Crippen LogP contribution is 2.25. The molecule has 0 aliphatic heterocycles. The van der Waals surface area contributed by atoms with Crippen molar-refractivity contribution in [2.45, 2.75) is 43.2 Å². The number of carbonyl (C=O) groups is 1. The summed E-state index contributed by atoms with van der Waals surface area (Å²) in [6.07, 6.45) is 3.79. The molecule has 1 aliphatic rings. The molecule has 4 rings (SSSR count). The number of rotatable bonds is 7. The quantitative estimate of drug-likeness (QED) is 0.628. The van der Waals surface area contributed by atoms with Crippen molar-refractivity contribution in [1.29, 1.82) is 0 Å². The minimum Gasteiger partial charge on any atom is -0.352 e. The maximum absolute atomic E-state index is 13.2. The Kier molecular flexibility index (Phi) is 5.34. The van der Waals surface area contributed by atoms with E-state index in [4.69, 9.17) is 0 Å². The zero-order valence-corrected chi connectivity index (χ0v) is 16.9. The first-order valence-corrected chi connectivity index (χ1v) is 11.1. The molecule has 1 amide bonds. The first-order valence-electron chi connectivity index (χ1n) is 9.65. The lowest BCUT2D eigenvalue weighted by molar-refractivity contribution is -0.122. The first-order chi connectivity index (χ1) is 13.9. The minimum absolute atomic E-state index is 0.128. The van der Waals surface area contributed by atoms with Crippen LogP contribution in [-0.4, -0.2) is 31.4 Å². The SMILES string of the molecule is Cc1ccc(S(=O)(=O)NC(Cc2ccccc2)C(=O)NC2CC2)c2cccnc12. The first kappa shape index (κ1) is 19.5. The normalized spacial score (nSPS) is 15.2. The molecule has 1 aromatic heterocycles. The molecular formula is C22H23N3O3S. The van der Waals surface area contributed by atoms with Gasteiger partial charge in [0.05, 0.1) is 10.4 Å². The molecule has 2 aromatic carbocycles. The van der Waals surface area contributed by atoms with Crippen LogP contribution >= 0.6 is 0 Å². The summed E-state index contributed by atoms with van der Waals surface area (Å²) in [5, 5.41) is 3.46. The van der Waals surface area contributed by atoms with Gasteiger partial charge in [0.2, 0.25) is 15.9 Å². The van der Waals surface area contributed by atoms with Gasteiger partial charge < -0.3 is 5.32 Å². The van der Waals surface area contributed by atoms with E-state index in [1.807, 2.05) is 37.3 Å². The molecule has 0 bridgehead atoms. The number of fused-ring (bicyclic) bond motifs is 1. The average molecular weight is 410 g/mol. The third-order valence-corrected chi connectivity index (χ3v) is 6.57. The van der Waals surface area contributed by atoms with E-state index in [0.29, 0.717) is 10.9 Å². The van der Waals surface area contributed by atoms with E-state index in [-0.39, 0.29) is 23.3 Å². The van der Waals surface area contributed by atoms with Crippen molar-refractivity contribution in [1.82, 2.24) is 15.0 Å². The van der Waals surface area contributed by atoms with E-state index in [1.54, 1.807) is 30.5 Å². The second kappa shape index (κ2) is 7.93. The van der Waals surface area contributed by atoms with Crippen molar-refractivity contribution in [2.24, 2.45) is 0 Å². The Labute approximate surface area is 170 Å². The summed E-state index contributed by atoms with van der Waals surface area (Å²) in [4.78, 5) is 17.2. The molecule has 150 valence electrons. The van der Waals surface area contributed by atoms with Gasteiger partial charge in [-0.1, -0.05) is 36.4 Å². The third-order valence-electron chi connectivity index (χ3n) is 5.04. The van der Waals surface area contributed by atoms with Crippen molar-refractivity contribution in [3.05, 3.63) is 71.9 Å². The van der Waals surface area contributed by atoms with Crippen molar-refractivity contribution >= 4 is 26.8 Å². The zero-order chi connectivity index (χ0) is 20.4. The van der Waals surface area contributed by atoms with E-state index in [1.165, 1.54) is 0 Å². The maximum Gasteiger partial charge on any atom is 0.241 e. The topological polar surface area (TPSA) is 88.2 Å². The monoisotopic (exact) mass is 409 g/mol. The summed E-state index contributed by atoms with van der Waals surface area (Å²) < 4.78 is 29.1. The highest BCUT2D eigenvalue weighted by molar-refractivity contribution is 7.89. The predicted octanol–water partition coefficient (Wildman–Crippen LogP) is 2.71. The van der Waals surface area contributed by atoms with Crippen LogP contribution in [0, 0.1) is 6.92 Å². The average Bonchev–Trinajstić information content (AvgIpc) is 3.52. The van der Waals surface area contributed by atoms with Crippen LogP contribution in [0.2, 0.25) is 0 Å². The smallest absolute Gasteiger partial charge is 0.241 e. The number of amides is 1. The van der Waals surface area contributed by atoms with Crippen LogP contribution in [-0.2, 0) is 21.2 Å². The zero-order valence-electron chi connectivity index (χ0n) is 16.1. The van der Waals surface area contributed by atoms with Gasteiger partial charge in [-0.2, -0.15) is 4.72 Å². The lowest BCUT2D eigenvalue weighted by Gasteiger charge is -2.19. The van der Waals surface area contributed by atoms with Gasteiger partial charge in [-0.3, -0.25) is 9.78 Å². The van der Waals surface area contributed by atoms with Crippen molar-refractivity contribution in [3.8, 4) is 0 Å². The summed E-state index contributed by atoms with van der Waals surface area (Å²) in [5.74, 6) is -0.297. The predicted molar refractivity (Wildman–Crippen MR) is 112 cm³/mol. The number of nitrogens with zero attached hydrogens (tertiary/aromatic N) is 1. The second-order valence-corrected chi connectivity index (χ2v) is 9.11. The molecule has 0 spiro atoms. The van der Waals surface area contributed by atoms with Crippen LogP contribution in [0.4, 0.5) is 0 Å². The third kappa shape index (κ3) is 4.46. The molecule has 2 N–H and O–H groups in total. The highest BCUT2D eigenvalue weighted by atomic mass is 32.2. The van der Waals surface area contributed by atoms with Gasteiger partial charge in [-0.15, -0.1) is 0 Å². The molecule has 1 heterocycles. The molecular weight excluding hydrogens is 386 g/mol. The van der Waals surface area contributed by atoms with Crippen LogP contribution in [0.3, 0.4) is 0 Å². The van der Waals surface area contributed by atoms with Crippen molar-refractivity contribution < 1.29 is 13.2 Å². The Morgan fingerprint density at radius 3 is 2.59 bits per heavy atom. The van der Waals surface area contributed by atoms with Gasteiger partial charge >= 0.3 is 0 Å². The summed E-state index contributed by atoms with van der Waals surface area (Å²) in [6.45, 7) is 1.89. The molecule has 1 aliphatic carbocycles. The van der Waals surface area contributed by atoms with Crippen LogP contribution in [0.25, 0.3) is 10.9 Å². The molecule has 1 unspecified atom stereocenters. The Morgan fingerprint density at radius 2 is 1.86 bits per heavy atom. The number of aromatic nitrogens is 1. The number of sulfonamides is 1. The van der Waals surface area contributed by atoms with E-state index in [9.17, 15) is 13.2 Å². The summed E-state index contributed by atoms with van der Waals surface area (Å²) in [5.41, 5.74) is 2.42. The van der Waals surface area contributed by atoms with E-state index in [0.717, 1.165) is 24.0 Å². The number of aryl methyl sites for hydroxylation is 1. The van der Waals surface area contributed by atoms with Gasteiger partial charge in [-0.25, -0.2) is 8.42 Å². The molecule has 1 saturated carbocycles. The van der Waals surface area contributed by atoms with Gasteiger partial charge in [0, 0.05) is 17.6 Å². The molecule has 7 heteroatoms. The summed E-state index contributed by atoms with van der Waals surface area (Å²) in [7, 11) is -3.93. The van der Waals surface area contributed by atoms with Gasteiger partial charge in [-0.05, 0) is 55.5 Å². The fourth-order valence-electron chi connectivity index (χ4n) is 3.34. The molecule has 1 atom stereocenters. The molecule has 0 radical (unpaired) electrons. The van der Waals surface area contributed by atoms with Crippen LogP contribution < -0.4 is 10.0 Å². The number of carbonyl (C=O) groups excluding carboxylic acids is 1. The number of hydrogen-bond acceptors (Lipinski definition) is 4. The molecule has 29 heavy (non-hydrogen) atoms. The van der Waals surface area contributed by atoms with Crippen molar-refractivity contribution in [2.75, 3.05) is 0 Å². The Bertz CT molecular complexity index is 1140. The lowest BCUT2D eigenvalue weighted by Crippen LogP contribution is -2.48. The largest absolute Gasteiger partial charge is 0.352 e. The van der Waals surface area contributed by atoms with Crippen LogP contribution in [0.1, 0.15) is 24.0 Å². The summed E-state index contributed by atoms with van der Waals surface area (Å²) in [6, 6.07) is 15.4. The maximum atomic E-state index is 13.2. The van der Waals surface area contributed by atoms with Gasteiger partial charge in [0.15, 0.2) is 0 Å². The van der Waals surface area contributed by atoms with Gasteiger partial charge in [0.1, 0.15) is 6.04 Å². The number of hydrogen-bond donors (Lipinski definition) is 2. The second-order valence-electron chi connectivity index (χ2n) is 7.43. The molecule has 6 nitrogen and oxygen atoms in total. The number of benzene rings is 2. The standard InChI is InChI=1S/C22H23N3O3S/c1-15-9-12-20(18-8-5-13-23-21(15)18)29(27,28)25-19(22(26)24-17-10-11-17)14-16-6-3-2-4-7-16/h2-9,12-13,17,19,25H,10-11,14H2,1H3,(H,24,26). The fourth-order valence-corrected chi connectivity index (χ4v) is 4.73. The number of pyridine rings is 1. The van der Waals surface area contributed by atoms with Crippen LogP contribution in [0.15, 0.2) is 65.7 Å². The number of nitrogens with one attached hydrogen (secondary N) is 2. The lowest BCUT2D eigenvalue weighted by atomic mass is 10.1. The van der Waals surface area contributed by atoms with E-state index in [2.05, 4.69) is 15.0 Å². The van der Waals surface area contributed by atoms with E-state index < -0.39 is 16.1 Å². The molecule has 1 fully saturated rings.